The van der Waals surface area contributed by atoms with Gasteiger partial charge in [0.1, 0.15) is 0 Å². The molecule has 1 aliphatic carbocycles. The fourth-order valence-electron chi connectivity index (χ4n) is 16.6. The van der Waals surface area contributed by atoms with Crippen molar-refractivity contribution >= 4 is 73.0 Å². The van der Waals surface area contributed by atoms with Crippen LogP contribution < -0.4 is 14.7 Å². The minimum absolute atomic E-state index is 0. The van der Waals surface area contributed by atoms with Crippen LogP contribution in [0, 0.1) is 61.5 Å². The number of para-hydroxylation sites is 1. The molecule has 0 aliphatic heterocycles. The van der Waals surface area contributed by atoms with Crippen LogP contribution >= 0.6 is 0 Å². The molecule has 12 nitrogen and oxygen atoms in total. The van der Waals surface area contributed by atoms with Crippen molar-refractivity contribution in [2.75, 3.05) is 28.8 Å². The number of rotatable bonds is 17. The molecule has 1 aliphatic rings. The second-order valence-corrected chi connectivity index (χ2v) is 33.1. The van der Waals surface area contributed by atoms with Gasteiger partial charge in [0.15, 0.2) is 11.5 Å². The first-order valence-corrected chi connectivity index (χ1v) is 44.4. The Labute approximate surface area is 872 Å². The Morgan fingerprint density at radius 3 is 1.36 bits per heavy atom. The zero-order chi connectivity index (χ0) is 94.0. The summed E-state index contributed by atoms with van der Waals surface area (Å²) in [5, 5.41) is 12.0. The van der Waals surface area contributed by atoms with Crippen molar-refractivity contribution in [3.63, 3.8) is 0 Å². The molecule has 0 bridgehead atoms. The summed E-state index contributed by atoms with van der Waals surface area (Å²) in [6.07, 6.45) is 10.1. The number of nitrogens with zero attached hydrogens (tertiary/aromatic N) is 10. The summed E-state index contributed by atoms with van der Waals surface area (Å²) >= 11 is 0. The Bertz CT molecular complexity index is 7540. The molecule has 0 fully saturated rings. The standard InChI is InChI=1S/C46H31N3.C37H27N3.C20H14N.C14H10F2N3.C5H8O2.2Ir.2Pt/c1-4-12-34(13-5-1)37-22-24-42(25-23-37)49(43-20-10-18-40(30-43)45-32-38(26-28-47-45)35-14-6-2-7-15-35)44-21-11-19-41(31-44)46-33-39(27-29-48-46)36-16-8-3-9-17-36;1-37(2)33-16-4-3-15-31(33)32-20-19-30(25-34(32)37)40(28-13-9-11-26(23-28)35-17-5-7-21-38-35)29-14-10-12-27(24-29)36-18-6-8-22-39-36;1-14-13-20(21-19-12-5-4-9-16(14)19)18-11-6-8-15-7-2-3-10-17(15)18;1-17-14-11(15)5-4-10(13(14)16)12-8-9(19(2)3)6-7-18-12;1-4(6)3-5(2)7;;;;/h1-29,32-33H;3-22,25H,1-2H3;2-10,12-13H,1H3;5-8H,2-3H3;3,6H,1-2H3;;;;/q2*-2;2*-1;;;;2*+2. The van der Waals surface area contributed by atoms with Gasteiger partial charge in [-0.2, -0.15) is 0 Å². The average Bonchev–Trinajstić information content (AvgIpc) is 1.57. The van der Waals surface area contributed by atoms with Gasteiger partial charge in [-0.1, -0.05) is 244 Å². The number of anilines is 7. The molecule has 21 rings (SSSR count). The van der Waals surface area contributed by atoms with Crippen LogP contribution in [-0.2, 0) is 92.6 Å². The molecular weight excluding hydrogens is 2450 g/mol. The van der Waals surface area contributed by atoms with Crippen molar-refractivity contribution in [3.8, 4) is 112 Å². The molecule has 0 spiro atoms. The molecule has 0 amide bonds. The van der Waals surface area contributed by atoms with E-state index in [2.05, 4.69) is 366 Å². The molecule has 0 saturated heterocycles. The van der Waals surface area contributed by atoms with Crippen LogP contribution in [0.5, 0.6) is 0 Å². The Balaban J connectivity index is 0.000000161. The second kappa shape index (κ2) is 47.9. The van der Waals surface area contributed by atoms with E-state index in [0.29, 0.717) is 5.69 Å². The van der Waals surface area contributed by atoms with Crippen LogP contribution in [0.2, 0.25) is 0 Å². The number of aliphatic hydroxyl groups excluding tert-OH is 1. The number of allylic oxidation sites excluding steroid dienone is 2. The first kappa shape index (κ1) is 103. The summed E-state index contributed by atoms with van der Waals surface area (Å²) < 4.78 is 27.3. The van der Waals surface area contributed by atoms with Crippen LogP contribution in [0.25, 0.3) is 139 Å². The van der Waals surface area contributed by atoms with Gasteiger partial charge in [0.05, 0.1) is 17.8 Å². The third kappa shape index (κ3) is 24.1. The number of hydrogen-bond acceptors (Lipinski definition) is 11. The van der Waals surface area contributed by atoms with E-state index in [4.69, 9.17) is 26.6 Å². The number of halogens is 2. The quantitative estimate of drug-likeness (QED) is 0.0531. The number of aliphatic hydroxyl groups is 1. The molecule has 694 valence electrons. The third-order valence-electron chi connectivity index (χ3n) is 23.2. The number of benzene rings is 14. The Morgan fingerprint density at radius 2 is 0.850 bits per heavy atom. The minimum atomic E-state index is -0.932. The molecule has 0 unspecified atom stereocenters. The maximum absolute atomic E-state index is 14.0. The minimum Gasteiger partial charge on any atom is -0.512 e. The SMILES string of the molecule is CC(=O)C=C(C)O.CC1(C)c2ccccc2-c2ccc(N(c3[c-]c(-c4ccccn4)ccc3)c3[c-]c(-c4ccccn4)ccc3)cc21.Cc1cc(-c2[c-]ccc3ccccc23)nc2ccccc12.[C-]#[N+]c1c(F)c[c-]c(-c2cc(N(C)C)ccn2)c1F.[Ir].[Ir].[Pt+2].[Pt+2].[c-]1c(-c2cc(-c3ccccc3)ccn2)cccc1N(c1[c-]c(-c2cc(-c3ccccc3)ccn2)ccc1)c1ccc(-c2ccccc2)cc1. The fraction of sp³-hybridized carbons (Fsp3) is 0.0656. The molecule has 0 atom stereocenters. The van der Waals surface area contributed by atoms with E-state index in [1.165, 1.54) is 75.7 Å². The smallest absolute Gasteiger partial charge is 0.512 e. The number of fused-ring (bicyclic) bond motifs is 5. The Hall–Kier alpha value is -14.9. The number of carbonyl (C=O) groups excluding carboxylic acids is 1. The first-order valence-electron chi connectivity index (χ1n) is 44.4. The fourth-order valence-corrected chi connectivity index (χ4v) is 16.6. The molecule has 0 saturated carbocycles. The van der Waals surface area contributed by atoms with Gasteiger partial charge in [-0.05, 0) is 200 Å². The second-order valence-electron chi connectivity index (χ2n) is 33.1. The van der Waals surface area contributed by atoms with Crippen LogP contribution in [0.3, 0.4) is 0 Å². The predicted octanol–water partition coefficient (Wildman–Crippen LogP) is 30.7. The van der Waals surface area contributed by atoms with E-state index < -0.39 is 17.3 Å². The van der Waals surface area contributed by atoms with Gasteiger partial charge < -0.3 is 44.7 Å². The molecule has 1 N–H and O–H groups in total. The largest absolute Gasteiger partial charge is 2.00 e. The van der Waals surface area contributed by atoms with Gasteiger partial charge in [-0.3, -0.25) is 23.4 Å². The molecular formula is C122H90F2Ir2N10O2Pt2-2. The van der Waals surface area contributed by atoms with Crippen molar-refractivity contribution in [1.29, 1.82) is 0 Å². The van der Waals surface area contributed by atoms with Gasteiger partial charge in [0, 0.05) is 131 Å². The van der Waals surface area contributed by atoms with Crippen LogP contribution in [0.1, 0.15) is 44.4 Å². The van der Waals surface area contributed by atoms with Gasteiger partial charge in [0.2, 0.25) is 0 Å². The van der Waals surface area contributed by atoms with Crippen LogP contribution in [0.15, 0.2) is 419 Å². The van der Waals surface area contributed by atoms with E-state index >= 15 is 0 Å². The molecule has 18 heteroatoms. The van der Waals surface area contributed by atoms with Crippen molar-refractivity contribution < 1.29 is 101 Å². The van der Waals surface area contributed by atoms with E-state index in [1.54, 1.807) is 12.1 Å². The van der Waals surface area contributed by atoms with E-state index in [1.807, 2.05) is 123 Å². The van der Waals surface area contributed by atoms with Gasteiger partial charge in [-0.25, -0.2) is 0 Å². The molecule has 140 heavy (non-hydrogen) atoms. The van der Waals surface area contributed by atoms with E-state index in [0.717, 1.165) is 135 Å². The Morgan fingerprint density at radius 1 is 0.400 bits per heavy atom. The van der Waals surface area contributed by atoms with Gasteiger partial charge in [0.25, 0.3) is 0 Å². The predicted molar refractivity (Wildman–Crippen MR) is 549 cm³/mol. The first-order chi connectivity index (χ1) is 66.4. The van der Waals surface area contributed by atoms with Crippen molar-refractivity contribution in [1.82, 2.24) is 29.9 Å². The summed E-state index contributed by atoms with van der Waals surface area (Å²) in [4.78, 5) is 46.6. The summed E-state index contributed by atoms with van der Waals surface area (Å²) in [6.45, 7) is 16.4. The van der Waals surface area contributed by atoms with Gasteiger partial charge >= 0.3 is 42.1 Å². The zero-order valence-corrected chi connectivity index (χ0v) is 86.5. The normalized spacial score (nSPS) is 11.1. The number of ketones is 1. The van der Waals surface area contributed by atoms with Crippen molar-refractivity contribution in [3.05, 3.63) is 495 Å². The van der Waals surface area contributed by atoms with E-state index in [9.17, 15) is 13.6 Å². The van der Waals surface area contributed by atoms with Gasteiger partial charge in [-0.15, -0.1) is 166 Å². The summed E-state index contributed by atoms with van der Waals surface area (Å²) in [5.41, 5.74) is 29.8. The third-order valence-corrected chi connectivity index (χ3v) is 23.2. The zero-order valence-electron chi connectivity index (χ0n) is 77.1. The Kier molecular flexibility index (Phi) is 35.1. The maximum atomic E-state index is 14.0. The molecule has 2 radical (unpaired) electrons. The number of carbonyl (C=O) groups is 1. The maximum Gasteiger partial charge on any atom is 2.00 e. The molecule has 6 heterocycles. The number of hydrogen-bond donors (Lipinski definition) is 1. The monoisotopic (exact) mass is 2540 g/mol. The molecule has 14 aromatic carbocycles. The van der Waals surface area contributed by atoms with Crippen molar-refractivity contribution in [2.24, 2.45) is 0 Å². The summed E-state index contributed by atoms with van der Waals surface area (Å²) in [7, 11) is 3.68. The summed E-state index contributed by atoms with van der Waals surface area (Å²) in [6, 6.07) is 148. The van der Waals surface area contributed by atoms with E-state index in [-0.39, 0.29) is 105 Å². The molecule has 6 aromatic heterocycles. The number of aryl methyl sites for hydroxylation is 1. The molecule has 20 aromatic rings. The number of aromatic nitrogens is 6. The number of pyridine rings is 6. The average molecular weight is 2540 g/mol. The summed E-state index contributed by atoms with van der Waals surface area (Å²) in [5.74, 6) is -1.91. The topological polar surface area (TPSA) is 129 Å². The van der Waals surface area contributed by atoms with Crippen LogP contribution in [0.4, 0.5) is 54.3 Å². The van der Waals surface area contributed by atoms with Crippen molar-refractivity contribution in [2.45, 2.75) is 40.0 Å². The van der Waals surface area contributed by atoms with Crippen LogP contribution in [-0.4, -0.2) is 54.9 Å².